The van der Waals surface area contributed by atoms with E-state index in [4.69, 9.17) is 20.7 Å². The number of carboxylic acids is 1. The average molecular weight is 290 g/mol. The Labute approximate surface area is 114 Å². The molecule has 0 saturated heterocycles. The maximum absolute atomic E-state index is 11.1. The number of nitrogens with two attached hydrogens (primary N) is 1. The van der Waals surface area contributed by atoms with Gasteiger partial charge in [-0.2, -0.15) is 0 Å². The van der Waals surface area contributed by atoms with Crippen LogP contribution >= 0.6 is 0 Å². The summed E-state index contributed by atoms with van der Waals surface area (Å²) >= 11 is 0. The molecule has 0 radical (unpaired) electrons. The van der Waals surface area contributed by atoms with Gasteiger partial charge in [-0.3, -0.25) is 4.79 Å². The van der Waals surface area contributed by atoms with Gasteiger partial charge in [0.25, 0.3) is 0 Å². The molecule has 1 heterocycles. The van der Waals surface area contributed by atoms with Gasteiger partial charge in [0, 0.05) is 6.92 Å². The van der Waals surface area contributed by atoms with Crippen molar-refractivity contribution in [1.82, 2.24) is 5.32 Å². The Morgan fingerprint density at radius 3 is 2.55 bits per heavy atom. The minimum absolute atomic E-state index is 0.461. The molecule has 0 aromatic carbocycles. The molecule has 114 valence electrons. The third-order valence-corrected chi connectivity index (χ3v) is 2.87. The highest BCUT2D eigenvalue weighted by molar-refractivity contribution is 5.84. The zero-order valence-corrected chi connectivity index (χ0v) is 10.8. The Morgan fingerprint density at radius 1 is 1.50 bits per heavy atom. The van der Waals surface area contributed by atoms with Crippen LogP contribution in [-0.2, 0) is 14.3 Å². The topological polar surface area (TPSA) is 162 Å². The number of amides is 1. The summed E-state index contributed by atoms with van der Waals surface area (Å²) in [5.41, 5.74) is 5.74. The number of carboxylic acid groups (broad SMARTS) is 1. The van der Waals surface area contributed by atoms with Gasteiger partial charge in [0.2, 0.25) is 11.7 Å². The number of carbonyl (C=O) groups excluding carboxylic acids is 1. The zero-order valence-electron chi connectivity index (χ0n) is 10.8. The molecule has 1 rings (SSSR count). The molecule has 0 aromatic heterocycles. The second-order valence-corrected chi connectivity index (χ2v) is 4.46. The van der Waals surface area contributed by atoms with Crippen LogP contribution in [0.1, 0.15) is 6.92 Å². The first-order chi connectivity index (χ1) is 9.27. The van der Waals surface area contributed by atoms with Crippen molar-refractivity contribution in [2.45, 2.75) is 37.3 Å². The van der Waals surface area contributed by atoms with Gasteiger partial charge in [-0.15, -0.1) is 0 Å². The molecule has 2 unspecified atom stereocenters. The minimum atomic E-state index is -1.62. The molecule has 7 N–H and O–H groups in total. The summed E-state index contributed by atoms with van der Waals surface area (Å²) in [5.74, 6) is -2.34. The predicted octanol–water partition coefficient (Wildman–Crippen LogP) is -3.10. The highest BCUT2D eigenvalue weighted by atomic mass is 16.5. The normalized spacial score (nSPS) is 28.9. The summed E-state index contributed by atoms with van der Waals surface area (Å²) < 4.78 is 5.06. The molecule has 0 aliphatic carbocycles. The van der Waals surface area contributed by atoms with E-state index < -0.39 is 54.6 Å². The van der Waals surface area contributed by atoms with Gasteiger partial charge >= 0.3 is 5.97 Å². The van der Waals surface area contributed by atoms with E-state index in [1.807, 2.05) is 0 Å². The second-order valence-electron chi connectivity index (χ2n) is 4.46. The monoisotopic (exact) mass is 290 g/mol. The second kappa shape index (κ2) is 6.66. The van der Waals surface area contributed by atoms with E-state index in [2.05, 4.69) is 5.32 Å². The fourth-order valence-corrected chi connectivity index (χ4v) is 1.90. The number of hydrogen-bond acceptors (Lipinski definition) is 7. The third-order valence-electron chi connectivity index (χ3n) is 2.87. The summed E-state index contributed by atoms with van der Waals surface area (Å²) in [6, 6.07) is -1.86. The van der Waals surface area contributed by atoms with E-state index in [-0.39, 0.29) is 0 Å². The molecule has 20 heavy (non-hydrogen) atoms. The van der Waals surface area contributed by atoms with Crippen molar-refractivity contribution in [3.8, 4) is 0 Å². The molecule has 1 aliphatic heterocycles. The van der Waals surface area contributed by atoms with Crippen molar-refractivity contribution in [3.63, 3.8) is 0 Å². The lowest BCUT2D eigenvalue weighted by molar-refractivity contribution is -0.145. The predicted molar refractivity (Wildman–Crippen MR) is 65.3 cm³/mol. The Hall–Kier alpha value is -1.68. The lowest BCUT2D eigenvalue weighted by Crippen LogP contribution is -2.62. The summed E-state index contributed by atoms with van der Waals surface area (Å²) in [6.45, 7) is 0.463. The molecule has 0 spiro atoms. The first-order valence-electron chi connectivity index (χ1n) is 5.89. The molecular weight excluding hydrogens is 272 g/mol. The summed E-state index contributed by atoms with van der Waals surface area (Å²) in [5, 5.41) is 39.5. The standard InChI is InChI=1S/C11H18N2O7/c1-4(15)13-8-5(12)2-7(11(18)19)20-10(8)9(17)6(16)3-14/h2,5-6,8-10,14,16-17H,3,12H2,1H3,(H,13,15)(H,18,19)/t5?,6?,8-,9-,10-/m1/s1. The first-order valence-corrected chi connectivity index (χ1v) is 5.89. The van der Waals surface area contributed by atoms with Crippen LogP contribution in [-0.4, -0.2) is 69.3 Å². The largest absolute Gasteiger partial charge is 0.478 e. The minimum Gasteiger partial charge on any atom is -0.478 e. The Morgan fingerprint density at radius 2 is 2.10 bits per heavy atom. The molecule has 9 heteroatoms. The highest BCUT2D eigenvalue weighted by Crippen LogP contribution is 2.21. The number of nitrogens with one attached hydrogen (secondary N) is 1. The smallest absolute Gasteiger partial charge is 0.370 e. The van der Waals surface area contributed by atoms with E-state index in [0.717, 1.165) is 6.08 Å². The van der Waals surface area contributed by atoms with Gasteiger partial charge in [0.05, 0.1) is 18.7 Å². The molecular formula is C11H18N2O7. The Kier molecular flexibility index (Phi) is 5.45. The van der Waals surface area contributed by atoms with Crippen LogP contribution in [0.4, 0.5) is 0 Å². The number of ether oxygens (including phenoxy) is 1. The van der Waals surface area contributed by atoms with Gasteiger partial charge in [-0.1, -0.05) is 0 Å². The first kappa shape index (κ1) is 16.4. The van der Waals surface area contributed by atoms with Gasteiger partial charge in [-0.05, 0) is 6.08 Å². The lowest BCUT2D eigenvalue weighted by Gasteiger charge is -2.38. The summed E-state index contributed by atoms with van der Waals surface area (Å²) in [4.78, 5) is 22.0. The quantitative estimate of drug-likeness (QED) is 0.310. The van der Waals surface area contributed by atoms with Crippen molar-refractivity contribution in [2.75, 3.05) is 6.61 Å². The maximum Gasteiger partial charge on any atom is 0.370 e. The van der Waals surface area contributed by atoms with E-state index in [1.54, 1.807) is 0 Å². The molecule has 1 aliphatic rings. The van der Waals surface area contributed by atoms with Crippen molar-refractivity contribution < 1.29 is 34.8 Å². The Balaban J connectivity index is 3.04. The van der Waals surface area contributed by atoms with Crippen molar-refractivity contribution >= 4 is 11.9 Å². The molecule has 0 saturated carbocycles. The zero-order chi connectivity index (χ0) is 15.4. The van der Waals surface area contributed by atoms with E-state index in [1.165, 1.54) is 6.92 Å². The van der Waals surface area contributed by atoms with E-state index >= 15 is 0 Å². The molecule has 9 nitrogen and oxygen atoms in total. The lowest BCUT2D eigenvalue weighted by atomic mass is 9.92. The number of hydrogen-bond donors (Lipinski definition) is 6. The van der Waals surface area contributed by atoms with Crippen LogP contribution < -0.4 is 11.1 Å². The van der Waals surface area contributed by atoms with Gasteiger partial charge in [-0.25, -0.2) is 4.79 Å². The SMILES string of the molecule is CC(=O)N[C@@H]1C(N)C=C(C(=O)O)O[C@H]1[C@H](O)C(O)CO. The summed E-state index contributed by atoms with van der Waals surface area (Å²) in [7, 11) is 0. The van der Waals surface area contributed by atoms with Gasteiger partial charge in [0.1, 0.15) is 18.3 Å². The van der Waals surface area contributed by atoms with Crippen LogP contribution in [0.5, 0.6) is 0 Å². The third kappa shape index (κ3) is 3.67. The highest BCUT2D eigenvalue weighted by Gasteiger charge is 2.42. The fourth-order valence-electron chi connectivity index (χ4n) is 1.90. The molecule has 1 amide bonds. The number of aliphatic hydroxyl groups is 3. The number of aliphatic hydroxyl groups excluding tert-OH is 3. The number of aliphatic carboxylic acids is 1. The average Bonchev–Trinajstić information content (AvgIpc) is 2.38. The molecule has 0 bridgehead atoms. The van der Waals surface area contributed by atoms with Crippen LogP contribution in [0.3, 0.4) is 0 Å². The van der Waals surface area contributed by atoms with Gasteiger partial charge in [0.15, 0.2) is 0 Å². The Bertz CT molecular complexity index is 412. The van der Waals surface area contributed by atoms with Gasteiger partial charge < -0.3 is 36.2 Å². The van der Waals surface area contributed by atoms with Crippen molar-refractivity contribution in [1.29, 1.82) is 0 Å². The van der Waals surface area contributed by atoms with Crippen LogP contribution in [0.2, 0.25) is 0 Å². The van der Waals surface area contributed by atoms with Crippen molar-refractivity contribution in [2.24, 2.45) is 5.73 Å². The van der Waals surface area contributed by atoms with Crippen molar-refractivity contribution in [3.05, 3.63) is 11.8 Å². The molecule has 5 atom stereocenters. The maximum atomic E-state index is 11.1. The fraction of sp³-hybridized carbons (Fsp3) is 0.636. The summed E-state index contributed by atoms with van der Waals surface area (Å²) in [6.07, 6.45) is -3.38. The van der Waals surface area contributed by atoms with Crippen LogP contribution in [0.25, 0.3) is 0 Å². The van der Waals surface area contributed by atoms with E-state index in [0.29, 0.717) is 0 Å². The molecule has 0 aromatic rings. The van der Waals surface area contributed by atoms with E-state index in [9.17, 15) is 19.8 Å². The van der Waals surface area contributed by atoms with Crippen LogP contribution in [0, 0.1) is 0 Å². The van der Waals surface area contributed by atoms with Crippen LogP contribution in [0.15, 0.2) is 11.8 Å². The number of rotatable bonds is 5. The molecule has 0 fully saturated rings. The number of carbonyl (C=O) groups is 2.